The Morgan fingerprint density at radius 1 is 0.958 bits per heavy atom. The van der Waals surface area contributed by atoms with Crippen LogP contribution in [0.1, 0.15) is 65.2 Å². The monoisotopic (exact) mass is 344 g/mol. The maximum Gasteiger partial charge on any atom is 0.333 e. The standard InChI is InChI=1S/C19H36O5/c1-7-8-9-10-11-13-17(19(21-4,22-5)23-6)14-12-15-24-18(20)16(2)3/h17H,2,7-15H2,1,3-6H3. The van der Waals surface area contributed by atoms with Crippen molar-refractivity contribution in [2.45, 2.75) is 71.2 Å². The van der Waals surface area contributed by atoms with Gasteiger partial charge in [0.15, 0.2) is 0 Å². The van der Waals surface area contributed by atoms with Crippen molar-refractivity contribution >= 4 is 5.97 Å². The number of rotatable bonds is 15. The minimum absolute atomic E-state index is 0.0858. The molecule has 0 aliphatic heterocycles. The van der Waals surface area contributed by atoms with Crippen LogP contribution in [-0.2, 0) is 23.7 Å². The quantitative estimate of drug-likeness (QED) is 0.190. The zero-order chi connectivity index (χ0) is 18.4. The van der Waals surface area contributed by atoms with Gasteiger partial charge in [-0.2, -0.15) is 0 Å². The maximum atomic E-state index is 11.4. The number of hydrogen-bond acceptors (Lipinski definition) is 5. The van der Waals surface area contributed by atoms with E-state index in [2.05, 4.69) is 13.5 Å². The summed E-state index contributed by atoms with van der Waals surface area (Å²) in [4.78, 5) is 11.4. The molecular weight excluding hydrogens is 308 g/mol. The molecule has 0 aromatic heterocycles. The van der Waals surface area contributed by atoms with Crippen molar-refractivity contribution in [2.24, 2.45) is 5.92 Å². The van der Waals surface area contributed by atoms with E-state index < -0.39 is 5.97 Å². The molecule has 5 nitrogen and oxygen atoms in total. The van der Waals surface area contributed by atoms with Crippen molar-refractivity contribution in [3.8, 4) is 0 Å². The lowest BCUT2D eigenvalue weighted by Gasteiger charge is -2.36. The first-order valence-corrected chi connectivity index (χ1v) is 8.95. The van der Waals surface area contributed by atoms with Crippen molar-refractivity contribution in [3.63, 3.8) is 0 Å². The number of esters is 1. The summed E-state index contributed by atoms with van der Waals surface area (Å²) in [6.45, 7) is 7.80. The molecular formula is C19H36O5. The molecule has 0 fully saturated rings. The molecule has 0 aliphatic rings. The van der Waals surface area contributed by atoms with Crippen molar-refractivity contribution in [3.05, 3.63) is 12.2 Å². The van der Waals surface area contributed by atoms with Crippen LogP contribution in [0.15, 0.2) is 12.2 Å². The Bertz CT molecular complexity index is 341. The fourth-order valence-electron chi connectivity index (χ4n) is 2.86. The van der Waals surface area contributed by atoms with Crippen LogP contribution < -0.4 is 0 Å². The van der Waals surface area contributed by atoms with Gasteiger partial charge in [-0.1, -0.05) is 45.6 Å². The van der Waals surface area contributed by atoms with Gasteiger partial charge in [0, 0.05) is 32.8 Å². The minimum atomic E-state index is -1.04. The number of hydrogen-bond donors (Lipinski definition) is 0. The van der Waals surface area contributed by atoms with E-state index in [0.29, 0.717) is 12.2 Å². The highest BCUT2D eigenvalue weighted by Crippen LogP contribution is 2.32. The normalized spacial score (nSPS) is 12.9. The third-order valence-electron chi connectivity index (χ3n) is 4.29. The van der Waals surface area contributed by atoms with E-state index in [1.54, 1.807) is 28.3 Å². The molecule has 0 amide bonds. The first kappa shape index (κ1) is 23.1. The van der Waals surface area contributed by atoms with Gasteiger partial charge in [0.05, 0.1) is 6.61 Å². The van der Waals surface area contributed by atoms with Crippen LogP contribution in [0.25, 0.3) is 0 Å². The molecule has 0 spiro atoms. The summed E-state index contributed by atoms with van der Waals surface area (Å²) in [7, 11) is 4.79. The second kappa shape index (κ2) is 13.4. The van der Waals surface area contributed by atoms with Gasteiger partial charge in [-0.05, 0) is 26.2 Å². The van der Waals surface area contributed by atoms with Crippen molar-refractivity contribution in [1.82, 2.24) is 0 Å². The van der Waals surface area contributed by atoms with Gasteiger partial charge in [-0.3, -0.25) is 0 Å². The lowest BCUT2D eigenvalue weighted by atomic mass is 9.93. The van der Waals surface area contributed by atoms with Gasteiger partial charge in [0.1, 0.15) is 0 Å². The molecule has 0 radical (unpaired) electrons. The second-order valence-electron chi connectivity index (χ2n) is 6.17. The molecule has 0 saturated heterocycles. The van der Waals surface area contributed by atoms with Crippen LogP contribution in [-0.4, -0.2) is 39.9 Å². The van der Waals surface area contributed by atoms with Crippen LogP contribution >= 0.6 is 0 Å². The molecule has 0 heterocycles. The van der Waals surface area contributed by atoms with Crippen LogP contribution in [0.2, 0.25) is 0 Å². The smallest absolute Gasteiger partial charge is 0.333 e. The van der Waals surface area contributed by atoms with Crippen LogP contribution in [0, 0.1) is 5.92 Å². The van der Waals surface area contributed by atoms with E-state index in [1.165, 1.54) is 25.7 Å². The molecule has 0 N–H and O–H groups in total. The third kappa shape index (κ3) is 8.27. The predicted octanol–water partition coefficient (Wildman–Crippen LogP) is 4.46. The zero-order valence-corrected chi connectivity index (χ0v) is 16.2. The molecule has 0 aliphatic carbocycles. The summed E-state index contributed by atoms with van der Waals surface area (Å²) in [6.07, 6.45) is 8.54. The van der Waals surface area contributed by atoms with Gasteiger partial charge in [0.25, 0.3) is 5.97 Å². The lowest BCUT2D eigenvalue weighted by molar-refractivity contribution is -0.380. The molecule has 0 aromatic rings. The number of methoxy groups -OCH3 is 3. The Kier molecular flexibility index (Phi) is 12.9. The molecule has 0 bridgehead atoms. The highest BCUT2D eigenvalue weighted by atomic mass is 16.9. The van der Waals surface area contributed by atoms with Crippen LogP contribution in [0.3, 0.4) is 0 Å². The van der Waals surface area contributed by atoms with E-state index >= 15 is 0 Å². The second-order valence-corrected chi connectivity index (χ2v) is 6.17. The maximum absolute atomic E-state index is 11.4. The van der Waals surface area contributed by atoms with Crippen molar-refractivity contribution in [1.29, 1.82) is 0 Å². The Hall–Kier alpha value is -0.910. The van der Waals surface area contributed by atoms with Gasteiger partial charge < -0.3 is 18.9 Å². The third-order valence-corrected chi connectivity index (χ3v) is 4.29. The topological polar surface area (TPSA) is 54.0 Å². The number of carbonyl (C=O) groups is 1. The van der Waals surface area contributed by atoms with E-state index in [-0.39, 0.29) is 11.9 Å². The van der Waals surface area contributed by atoms with E-state index in [1.807, 2.05) is 0 Å². The summed E-state index contributed by atoms with van der Waals surface area (Å²) in [5, 5.41) is 0. The first-order chi connectivity index (χ1) is 11.5. The zero-order valence-electron chi connectivity index (χ0n) is 16.2. The van der Waals surface area contributed by atoms with Gasteiger partial charge in [-0.15, -0.1) is 0 Å². The molecule has 24 heavy (non-hydrogen) atoms. The average Bonchev–Trinajstić information content (AvgIpc) is 2.59. The summed E-state index contributed by atoms with van der Waals surface area (Å²) in [6, 6.07) is 0. The summed E-state index contributed by atoms with van der Waals surface area (Å²) >= 11 is 0. The molecule has 142 valence electrons. The summed E-state index contributed by atoms with van der Waals surface area (Å²) in [5.74, 6) is -1.30. The fraction of sp³-hybridized carbons (Fsp3) is 0.842. The SMILES string of the molecule is C=C(C)C(=O)OCCCC(CCCCCCC)C(OC)(OC)OC. The van der Waals surface area contributed by atoms with Crippen molar-refractivity contribution < 1.29 is 23.7 Å². The van der Waals surface area contributed by atoms with E-state index in [4.69, 9.17) is 18.9 Å². The minimum Gasteiger partial charge on any atom is -0.462 e. The number of unbranched alkanes of at least 4 members (excludes halogenated alkanes) is 4. The molecule has 0 aromatic carbocycles. The predicted molar refractivity (Wildman–Crippen MR) is 95.6 cm³/mol. The Balaban J connectivity index is 4.51. The number of ether oxygens (including phenoxy) is 4. The van der Waals surface area contributed by atoms with E-state index in [0.717, 1.165) is 25.7 Å². The van der Waals surface area contributed by atoms with Gasteiger partial charge in [-0.25, -0.2) is 4.79 Å². The van der Waals surface area contributed by atoms with Crippen molar-refractivity contribution in [2.75, 3.05) is 27.9 Å². The molecule has 0 saturated carbocycles. The highest BCUT2D eigenvalue weighted by Gasteiger charge is 2.39. The summed E-state index contributed by atoms with van der Waals surface area (Å²) < 4.78 is 21.7. The van der Waals surface area contributed by atoms with Gasteiger partial charge in [0.2, 0.25) is 0 Å². The summed E-state index contributed by atoms with van der Waals surface area (Å²) in [5.41, 5.74) is 0.419. The average molecular weight is 344 g/mol. The first-order valence-electron chi connectivity index (χ1n) is 8.95. The Morgan fingerprint density at radius 2 is 1.50 bits per heavy atom. The van der Waals surface area contributed by atoms with Crippen LogP contribution in [0.5, 0.6) is 0 Å². The molecule has 0 rings (SSSR count). The Labute approximate surface area is 147 Å². The highest BCUT2D eigenvalue weighted by molar-refractivity contribution is 5.86. The number of carbonyl (C=O) groups excluding carboxylic acids is 1. The largest absolute Gasteiger partial charge is 0.462 e. The van der Waals surface area contributed by atoms with E-state index in [9.17, 15) is 4.79 Å². The molecule has 1 atom stereocenters. The Morgan fingerprint density at radius 3 is 2.00 bits per heavy atom. The molecule has 1 unspecified atom stereocenters. The van der Waals surface area contributed by atoms with Gasteiger partial charge >= 0.3 is 5.97 Å². The fourth-order valence-corrected chi connectivity index (χ4v) is 2.86. The lowest BCUT2D eigenvalue weighted by Crippen LogP contribution is -2.44. The van der Waals surface area contributed by atoms with Crippen LogP contribution in [0.4, 0.5) is 0 Å². The molecule has 5 heteroatoms.